The molecule has 1 aromatic rings. The van der Waals surface area contributed by atoms with Gasteiger partial charge >= 0.3 is 0 Å². The molecule has 1 aromatic heterocycles. The van der Waals surface area contributed by atoms with E-state index in [1.165, 1.54) is 16.6 Å². The van der Waals surface area contributed by atoms with Crippen molar-refractivity contribution in [2.45, 2.75) is 36.2 Å². The van der Waals surface area contributed by atoms with Crippen molar-refractivity contribution in [2.24, 2.45) is 0 Å². The first-order valence-electron chi connectivity index (χ1n) is 6.64. The van der Waals surface area contributed by atoms with Gasteiger partial charge < -0.3 is 11.1 Å². The molecule has 2 aliphatic rings. The van der Waals surface area contributed by atoms with Gasteiger partial charge in [-0.2, -0.15) is 4.31 Å². The van der Waals surface area contributed by atoms with E-state index in [1.54, 1.807) is 0 Å². The highest BCUT2D eigenvalue weighted by molar-refractivity contribution is 7.89. The Morgan fingerprint density at radius 3 is 2.90 bits per heavy atom. The van der Waals surface area contributed by atoms with Crippen molar-refractivity contribution in [2.75, 3.05) is 18.8 Å². The van der Waals surface area contributed by atoms with E-state index < -0.39 is 10.0 Å². The van der Waals surface area contributed by atoms with Crippen LogP contribution in [0.2, 0.25) is 5.02 Å². The van der Waals surface area contributed by atoms with Crippen LogP contribution in [0.4, 0.5) is 5.82 Å². The zero-order valence-electron chi connectivity index (χ0n) is 10.9. The fourth-order valence-corrected chi connectivity index (χ4v) is 4.72. The van der Waals surface area contributed by atoms with Crippen LogP contribution in [0.3, 0.4) is 0 Å². The van der Waals surface area contributed by atoms with Crippen LogP contribution in [-0.2, 0) is 10.0 Å². The monoisotopic (exact) mass is 316 g/mol. The summed E-state index contributed by atoms with van der Waals surface area (Å²) in [5.74, 6) is -0.00299. The van der Waals surface area contributed by atoms with Crippen LogP contribution in [0.15, 0.2) is 17.2 Å². The molecular weight excluding hydrogens is 300 g/mol. The lowest BCUT2D eigenvalue weighted by Gasteiger charge is -2.24. The maximum absolute atomic E-state index is 12.7. The van der Waals surface area contributed by atoms with Gasteiger partial charge in [-0.3, -0.25) is 0 Å². The van der Waals surface area contributed by atoms with Gasteiger partial charge in [0.15, 0.2) is 0 Å². The SMILES string of the molecule is Nc1ncc(Cl)cc1S(=O)(=O)N1CCC2CCC(C1)N2. The van der Waals surface area contributed by atoms with Gasteiger partial charge in [-0.05, 0) is 25.3 Å². The highest BCUT2D eigenvalue weighted by atomic mass is 35.5. The smallest absolute Gasteiger partial charge is 0.246 e. The summed E-state index contributed by atoms with van der Waals surface area (Å²) in [4.78, 5) is 3.84. The van der Waals surface area contributed by atoms with Crippen LogP contribution in [-0.4, -0.2) is 42.9 Å². The second-order valence-electron chi connectivity index (χ2n) is 5.33. The first-order valence-corrected chi connectivity index (χ1v) is 8.46. The summed E-state index contributed by atoms with van der Waals surface area (Å²) in [6, 6.07) is 2.02. The fraction of sp³-hybridized carbons (Fsp3) is 0.583. The summed E-state index contributed by atoms with van der Waals surface area (Å²) >= 11 is 5.84. The number of rotatable bonds is 2. The molecule has 0 amide bonds. The molecule has 110 valence electrons. The Hall–Kier alpha value is -0.890. The van der Waals surface area contributed by atoms with Gasteiger partial charge in [0.1, 0.15) is 10.7 Å². The minimum atomic E-state index is -3.64. The molecule has 2 bridgehead atoms. The van der Waals surface area contributed by atoms with Crippen LogP contribution in [0.5, 0.6) is 0 Å². The van der Waals surface area contributed by atoms with Crippen molar-refractivity contribution in [3.05, 3.63) is 17.3 Å². The number of pyridine rings is 1. The van der Waals surface area contributed by atoms with Crippen LogP contribution >= 0.6 is 11.6 Å². The Morgan fingerprint density at radius 1 is 1.35 bits per heavy atom. The molecule has 2 saturated heterocycles. The summed E-state index contributed by atoms with van der Waals surface area (Å²) in [5, 5.41) is 3.72. The third-order valence-corrected chi connectivity index (χ3v) is 6.05. The number of hydrogen-bond acceptors (Lipinski definition) is 5. The molecule has 0 radical (unpaired) electrons. The summed E-state index contributed by atoms with van der Waals surface area (Å²) in [5.41, 5.74) is 5.71. The number of nitrogens with zero attached hydrogens (tertiary/aromatic N) is 2. The predicted molar refractivity (Wildman–Crippen MR) is 77.0 cm³/mol. The van der Waals surface area contributed by atoms with E-state index >= 15 is 0 Å². The van der Waals surface area contributed by atoms with E-state index in [2.05, 4.69) is 10.3 Å². The Labute approximate surface area is 123 Å². The number of fused-ring (bicyclic) bond motifs is 2. The third-order valence-electron chi connectivity index (χ3n) is 3.95. The lowest BCUT2D eigenvalue weighted by atomic mass is 10.1. The third kappa shape index (κ3) is 2.50. The van der Waals surface area contributed by atoms with Crippen molar-refractivity contribution >= 4 is 27.4 Å². The molecule has 3 heterocycles. The van der Waals surface area contributed by atoms with Crippen molar-refractivity contribution in [1.29, 1.82) is 0 Å². The fourth-order valence-electron chi connectivity index (χ4n) is 2.91. The van der Waals surface area contributed by atoms with Crippen molar-refractivity contribution in [3.8, 4) is 0 Å². The number of hydrogen-bond donors (Lipinski definition) is 2. The van der Waals surface area contributed by atoms with Crippen molar-refractivity contribution < 1.29 is 8.42 Å². The van der Waals surface area contributed by atoms with E-state index in [0.29, 0.717) is 19.1 Å². The summed E-state index contributed by atoms with van der Waals surface area (Å²) in [6.45, 7) is 0.979. The van der Waals surface area contributed by atoms with Crippen molar-refractivity contribution in [3.63, 3.8) is 0 Å². The van der Waals surface area contributed by atoms with Gasteiger partial charge in [-0.1, -0.05) is 11.6 Å². The molecule has 2 aliphatic heterocycles. The number of anilines is 1. The number of sulfonamides is 1. The number of nitrogens with two attached hydrogens (primary N) is 1. The van der Waals surface area contributed by atoms with Crippen LogP contribution in [0.1, 0.15) is 19.3 Å². The van der Waals surface area contributed by atoms with E-state index in [4.69, 9.17) is 17.3 Å². The summed E-state index contributed by atoms with van der Waals surface area (Å²) in [6.07, 6.45) is 4.31. The first kappa shape index (κ1) is 14.1. The van der Waals surface area contributed by atoms with E-state index in [-0.39, 0.29) is 21.8 Å². The number of nitrogens with one attached hydrogen (secondary N) is 1. The van der Waals surface area contributed by atoms with E-state index in [9.17, 15) is 8.42 Å². The molecular formula is C12H17ClN4O2S. The quantitative estimate of drug-likeness (QED) is 0.844. The molecule has 2 fully saturated rings. The lowest BCUT2D eigenvalue weighted by molar-refractivity contribution is 0.383. The molecule has 0 saturated carbocycles. The predicted octanol–water partition coefficient (Wildman–Crippen LogP) is 0.832. The second kappa shape index (κ2) is 5.14. The maximum Gasteiger partial charge on any atom is 0.246 e. The average molecular weight is 317 g/mol. The number of aromatic nitrogens is 1. The highest BCUT2D eigenvalue weighted by Crippen LogP contribution is 2.28. The molecule has 3 N–H and O–H groups in total. The normalized spacial score (nSPS) is 27.4. The Bertz CT molecular complexity index is 622. The largest absolute Gasteiger partial charge is 0.383 e. The van der Waals surface area contributed by atoms with Gasteiger partial charge in [0.05, 0.1) is 5.02 Å². The topological polar surface area (TPSA) is 88.3 Å². The van der Waals surface area contributed by atoms with Crippen LogP contribution < -0.4 is 11.1 Å². The molecule has 0 aromatic carbocycles. The van der Waals surface area contributed by atoms with Crippen LogP contribution in [0.25, 0.3) is 0 Å². The molecule has 2 atom stereocenters. The number of nitrogen functional groups attached to an aromatic ring is 1. The minimum absolute atomic E-state index is 0.00257. The van der Waals surface area contributed by atoms with E-state index in [1.807, 2.05) is 0 Å². The Kier molecular flexibility index (Phi) is 3.62. The molecule has 3 rings (SSSR count). The maximum atomic E-state index is 12.7. The zero-order valence-corrected chi connectivity index (χ0v) is 12.5. The van der Waals surface area contributed by atoms with Gasteiger partial charge in [-0.15, -0.1) is 0 Å². The molecule has 0 spiro atoms. The van der Waals surface area contributed by atoms with Crippen LogP contribution in [0, 0.1) is 0 Å². The molecule has 6 nitrogen and oxygen atoms in total. The molecule has 20 heavy (non-hydrogen) atoms. The standard InChI is InChI=1S/C12H17ClN4O2S/c13-8-5-11(12(14)15-6-8)20(18,19)17-4-3-9-1-2-10(7-17)16-9/h5-6,9-10,16H,1-4,7H2,(H2,14,15). The van der Waals surface area contributed by atoms with Gasteiger partial charge in [-0.25, -0.2) is 13.4 Å². The number of halogens is 1. The Morgan fingerprint density at radius 2 is 2.10 bits per heavy atom. The first-order chi connectivity index (χ1) is 9.46. The second-order valence-corrected chi connectivity index (χ2v) is 7.67. The van der Waals surface area contributed by atoms with Gasteiger partial charge in [0.2, 0.25) is 10.0 Å². The highest BCUT2D eigenvalue weighted by Gasteiger charge is 2.35. The lowest BCUT2D eigenvalue weighted by Crippen LogP contribution is -2.39. The molecule has 8 heteroatoms. The average Bonchev–Trinajstić information content (AvgIpc) is 2.71. The van der Waals surface area contributed by atoms with Gasteiger partial charge in [0, 0.05) is 31.4 Å². The zero-order chi connectivity index (χ0) is 14.3. The molecule has 0 aliphatic carbocycles. The van der Waals surface area contributed by atoms with E-state index in [0.717, 1.165) is 19.3 Å². The minimum Gasteiger partial charge on any atom is -0.383 e. The summed E-state index contributed by atoms with van der Waals surface area (Å²) in [7, 11) is -3.64. The van der Waals surface area contributed by atoms with Gasteiger partial charge in [0.25, 0.3) is 0 Å². The molecule has 2 unspecified atom stereocenters. The van der Waals surface area contributed by atoms with Crippen molar-refractivity contribution in [1.82, 2.24) is 14.6 Å². The Balaban J connectivity index is 1.93. The summed E-state index contributed by atoms with van der Waals surface area (Å²) < 4.78 is 26.9.